The molecule has 0 spiro atoms. The van der Waals surface area contributed by atoms with Crippen molar-refractivity contribution in [2.45, 2.75) is 44.2 Å². The van der Waals surface area contributed by atoms with Gasteiger partial charge >= 0.3 is 12.1 Å². The maximum absolute atomic E-state index is 14.0. The zero-order chi connectivity index (χ0) is 29.3. The Labute approximate surface area is 246 Å². The van der Waals surface area contributed by atoms with Crippen molar-refractivity contribution in [2.75, 3.05) is 32.8 Å². The lowest BCUT2D eigenvalue weighted by Gasteiger charge is -2.51. The van der Waals surface area contributed by atoms with E-state index in [1.54, 1.807) is 4.90 Å². The van der Waals surface area contributed by atoms with Gasteiger partial charge in [-0.25, -0.2) is 4.79 Å². The summed E-state index contributed by atoms with van der Waals surface area (Å²) in [5.74, 6) is -1.19. The van der Waals surface area contributed by atoms with Crippen molar-refractivity contribution in [1.29, 1.82) is 0 Å². The number of likely N-dealkylation sites (tertiary alicyclic amines) is 2. The van der Waals surface area contributed by atoms with Crippen LogP contribution in [0.4, 0.5) is 4.79 Å². The molecule has 8 heteroatoms. The van der Waals surface area contributed by atoms with E-state index in [1.807, 2.05) is 49.4 Å². The highest BCUT2D eigenvalue weighted by Crippen LogP contribution is 2.44. The second-order valence-electron chi connectivity index (χ2n) is 11.9. The number of nitrogens with zero attached hydrogens (tertiary/aromatic N) is 2. The number of carboxylic acid groups (broad SMARTS) is 1. The number of hydrogen-bond acceptors (Lipinski definition) is 5. The molecule has 0 radical (unpaired) electrons. The minimum absolute atomic E-state index is 0.0846. The summed E-state index contributed by atoms with van der Waals surface area (Å²) in [6.45, 7) is 4.30. The summed E-state index contributed by atoms with van der Waals surface area (Å²) >= 11 is 0. The molecule has 6 rings (SSSR count). The number of piperidine rings is 1. The summed E-state index contributed by atoms with van der Waals surface area (Å²) in [7, 11) is 0. The second-order valence-corrected chi connectivity index (χ2v) is 11.9. The fourth-order valence-electron chi connectivity index (χ4n) is 6.80. The van der Waals surface area contributed by atoms with Crippen molar-refractivity contribution in [1.82, 2.24) is 15.1 Å². The summed E-state index contributed by atoms with van der Waals surface area (Å²) in [5, 5.41) is 12.7. The zero-order valence-corrected chi connectivity index (χ0v) is 23.9. The average Bonchev–Trinajstić information content (AvgIpc) is 3.31. The third-order valence-electron chi connectivity index (χ3n) is 9.46. The van der Waals surface area contributed by atoms with Crippen LogP contribution in [0.3, 0.4) is 0 Å². The summed E-state index contributed by atoms with van der Waals surface area (Å²) in [4.78, 5) is 43.1. The monoisotopic (exact) mass is 567 g/mol. The molecule has 42 heavy (non-hydrogen) atoms. The first kappa shape index (κ1) is 28.0. The van der Waals surface area contributed by atoms with E-state index in [0.717, 1.165) is 28.8 Å². The Balaban J connectivity index is 1.16. The van der Waals surface area contributed by atoms with Gasteiger partial charge in [0, 0.05) is 38.6 Å². The third kappa shape index (κ3) is 5.04. The molecule has 3 aromatic carbocycles. The quantitative estimate of drug-likeness (QED) is 0.403. The van der Waals surface area contributed by atoms with Crippen molar-refractivity contribution in [3.05, 3.63) is 95.6 Å². The van der Waals surface area contributed by atoms with Gasteiger partial charge in [-0.2, -0.15) is 0 Å². The predicted octanol–water partition coefficient (Wildman–Crippen LogP) is 4.88. The number of fused-ring (bicyclic) bond motifs is 3. The Bertz CT molecular complexity index is 1430. The predicted molar refractivity (Wildman–Crippen MR) is 159 cm³/mol. The molecule has 1 aliphatic carbocycles. The highest BCUT2D eigenvalue weighted by atomic mass is 16.5. The molecule has 218 valence electrons. The van der Waals surface area contributed by atoms with E-state index in [1.165, 1.54) is 5.56 Å². The number of nitrogens with one attached hydrogen (secondary N) is 1. The summed E-state index contributed by atoms with van der Waals surface area (Å²) in [6, 6.07) is 26.5. The van der Waals surface area contributed by atoms with Crippen LogP contribution in [0.25, 0.3) is 11.1 Å². The molecule has 3 aliphatic rings. The van der Waals surface area contributed by atoms with E-state index in [2.05, 4.69) is 46.6 Å². The van der Waals surface area contributed by atoms with Crippen molar-refractivity contribution in [3.63, 3.8) is 0 Å². The van der Waals surface area contributed by atoms with Crippen molar-refractivity contribution >= 4 is 18.0 Å². The molecule has 0 saturated carbocycles. The first-order chi connectivity index (χ1) is 20.3. The van der Waals surface area contributed by atoms with Crippen LogP contribution < -0.4 is 5.32 Å². The van der Waals surface area contributed by atoms with E-state index in [0.29, 0.717) is 32.4 Å². The van der Waals surface area contributed by atoms with Gasteiger partial charge < -0.3 is 20.1 Å². The number of rotatable bonds is 8. The van der Waals surface area contributed by atoms with Crippen LogP contribution >= 0.6 is 0 Å². The van der Waals surface area contributed by atoms with Crippen molar-refractivity contribution in [3.8, 4) is 11.1 Å². The number of carboxylic acids is 1. The molecule has 0 aromatic heterocycles. The van der Waals surface area contributed by atoms with E-state index < -0.39 is 23.0 Å². The number of alkyl carbamates (subject to hydrolysis) is 1. The molecule has 2 amide bonds. The Kier molecular flexibility index (Phi) is 7.49. The average molecular weight is 568 g/mol. The SMILES string of the molecule is CCC1(C(=O)O)CN(C(=O)C2(NC(=O)OCC3c4ccccc4-c4ccccc43)CCN(Cc3ccccc3)CC2)C1. The van der Waals surface area contributed by atoms with E-state index in [-0.39, 0.29) is 31.5 Å². The van der Waals surface area contributed by atoms with Gasteiger partial charge in [-0.05, 0) is 47.1 Å². The minimum Gasteiger partial charge on any atom is -0.481 e. The van der Waals surface area contributed by atoms with Crippen LogP contribution in [0, 0.1) is 5.41 Å². The zero-order valence-electron chi connectivity index (χ0n) is 23.9. The lowest BCUT2D eigenvalue weighted by molar-refractivity contribution is -0.170. The molecule has 2 fully saturated rings. The highest BCUT2D eigenvalue weighted by molar-refractivity contribution is 5.92. The molecule has 0 unspecified atom stereocenters. The number of carbonyl (C=O) groups excluding carboxylic acids is 2. The molecule has 8 nitrogen and oxygen atoms in total. The summed E-state index contributed by atoms with van der Waals surface area (Å²) in [5.41, 5.74) is 3.67. The number of amides is 2. The fourth-order valence-corrected chi connectivity index (χ4v) is 6.80. The Morgan fingerprint density at radius 3 is 2.02 bits per heavy atom. The van der Waals surface area contributed by atoms with E-state index in [9.17, 15) is 19.5 Å². The largest absolute Gasteiger partial charge is 0.481 e. The maximum atomic E-state index is 14.0. The van der Waals surface area contributed by atoms with Gasteiger partial charge in [0.1, 0.15) is 17.6 Å². The molecular weight excluding hydrogens is 530 g/mol. The first-order valence-electron chi connectivity index (χ1n) is 14.8. The molecule has 0 atom stereocenters. The molecule has 2 aliphatic heterocycles. The number of aliphatic carboxylic acids is 1. The standard InChI is InChI=1S/C34H37N3O5/c1-2-33(31(39)40)22-37(23-33)30(38)34(16-18-36(19-17-34)20-24-10-4-3-5-11-24)35-32(41)42-21-29-27-14-8-6-12-25(27)26-13-7-9-15-28(26)29/h3-15,29H,2,16-23H2,1H3,(H,35,41)(H,39,40). The van der Waals surface area contributed by atoms with Crippen LogP contribution in [0.2, 0.25) is 0 Å². The van der Waals surface area contributed by atoms with E-state index in [4.69, 9.17) is 4.74 Å². The van der Waals surface area contributed by atoms with Gasteiger partial charge in [-0.3, -0.25) is 14.5 Å². The summed E-state index contributed by atoms with van der Waals surface area (Å²) in [6.07, 6.45) is 0.670. The molecule has 2 heterocycles. The van der Waals surface area contributed by atoms with Gasteiger partial charge in [0.2, 0.25) is 5.91 Å². The Hall–Kier alpha value is -4.17. The van der Waals surface area contributed by atoms with Gasteiger partial charge in [0.15, 0.2) is 0 Å². The van der Waals surface area contributed by atoms with E-state index >= 15 is 0 Å². The topological polar surface area (TPSA) is 99.2 Å². The van der Waals surface area contributed by atoms with Crippen molar-refractivity contribution in [2.24, 2.45) is 5.41 Å². The number of ether oxygens (including phenoxy) is 1. The number of benzene rings is 3. The Morgan fingerprint density at radius 2 is 1.45 bits per heavy atom. The first-order valence-corrected chi connectivity index (χ1v) is 14.8. The van der Waals surface area contributed by atoms with Crippen molar-refractivity contribution < 1.29 is 24.2 Å². The van der Waals surface area contributed by atoms with Crippen LogP contribution in [0.15, 0.2) is 78.9 Å². The molecular formula is C34H37N3O5. The number of hydrogen-bond donors (Lipinski definition) is 2. The molecule has 2 saturated heterocycles. The maximum Gasteiger partial charge on any atom is 0.408 e. The smallest absolute Gasteiger partial charge is 0.408 e. The third-order valence-corrected chi connectivity index (χ3v) is 9.46. The van der Waals surface area contributed by atoms with Crippen LogP contribution in [0.5, 0.6) is 0 Å². The van der Waals surface area contributed by atoms with Crippen LogP contribution in [0.1, 0.15) is 48.8 Å². The van der Waals surface area contributed by atoms with Gasteiger partial charge in [0.25, 0.3) is 0 Å². The lowest BCUT2D eigenvalue weighted by Crippen LogP contribution is -2.70. The highest BCUT2D eigenvalue weighted by Gasteiger charge is 2.55. The molecule has 3 aromatic rings. The van der Waals surface area contributed by atoms with Crippen LogP contribution in [-0.2, 0) is 20.9 Å². The lowest BCUT2D eigenvalue weighted by atomic mass is 9.75. The summed E-state index contributed by atoms with van der Waals surface area (Å²) < 4.78 is 5.84. The van der Waals surface area contributed by atoms with Gasteiger partial charge in [0.05, 0.1) is 0 Å². The second kappa shape index (κ2) is 11.2. The molecule has 0 bridgehead atoms. The number of carbonyl (C=O) groups is 3. The van der Waals surface area contributed by atoms with Crippen LogP contribution in [-0.4, -0.2) is 71.2 Å². The normalized spacial score (nSPS) is 18.8. The fraction of sp³-hybridized carbons (Fsp3) is 0.382. The molecule has 2 N–H and O–H groups in total. The van der Waals surface area contributed by atoms with Gasteiger partial charge in [-0.15, -0.1) is 0 Å². The minimum atomic E-state index is -1.14. The Morgan fingerprint density at radius 1 is 0.881 bits per heavy atom. The van der Waals surface area contributed by atoms with Gasteiger partial charge in [-0.1, -0.05) is 85.8 Å².